The van der Waals surface area contributed by atoms with Crippen molar-refractivity contribution in [3.63, 3.8) is 0 Å². The Morgan fingerprint density at radius 1 is 0.956 bits per heavy atom. The highest BCUT2D eigenvalue weighted by atomic mass is 19.4. The molecule has 1 unspecified atom stereocenters. The Kier molecular flexibility index (Phi) is 9.01. The Balaban J connectivity index is 1.41. The molecule has 2 amide bonds. The number of halogens is 3. The zero-order chi connectivity index (χ0) is 32.4. The second-order valence-corrected chi connectivity index (χ2v) is 12.1. The molecular formula is C34H36F3N5O3. The molecule has 1 heterocycles. The maximum atomic E-state index is 13.8. The third-order valence-electron chi connectivity index (χ3n) is 7.33. The first-order valence-electron chi connectivity index (χ1n) is 14.7. The van der Waals surface area contributed by atoms with Gasteiger partial charge in [0.05, 0.1) is 11.7 Å². The van der Waals surface area contributed by atoms with E-state index in [0.29, 0.717) is 17.3 Å². The first-order chi connectivity index (χ1) is 21.3. The predicted molar refractivity (Wildman–Crippen MR) is 165 cm³/mol. The van der Waals surface area contributed by atoms with Gasteiger partial charge in [0.2, 0.25) is 0 Å². The summed E-state index contributed by atoms with van der Waals surface area (Å²) in [5.41, 5.74) is 1.11. The van der Waals surface area contributed by atoms with Crippen molar-refractivity contribution in [1.82, 2.24) is 20.0 Å². The molecule has 2 N–H and O–H groups in total. The lowest BCUT2D eigenvalue weighted by Crippen LogP contribution is -2.32. The zero-order valence-electron chi connectivity index (χ0n) is 25.6. The minimum absolute atomic E-state index is 0.0579. The molecule has 0 bridgehead atoms. The van der Waals surface area contributed by atoms with Crippen LogP contribution in [0.1, 0.15) is 72.5 Å². The van der Waals surface area contributed by atoms with Crippen LogP contribution in [0.2, 0.25) is 0 Å². The highest BCUT2D eigenvalue weighted by molar-refractivity contribution is 6.03. The Labute approximate surface area is 260 Å². The van der Waals surface area contributed by atoms with Gasteiger partial charge in [0.1, 0.15) is 11.3 Å². The average Bonchev–Trinajstić information content (AvgIpc) is 3.73. The van der Waals surface area contributed by atoms with E-state index in [-0.39, 0.29) is 24.0 Å². The molecule has 3 aromatic carbocycles. The molecule has 1 saturated carbocycles. The van der Waals surface area contributed by atoms with E-state index in [2.05, 4.69) is 39.8 Å². The maximum absolute atomic E-state index is 13.8. The van der Waals surface area contributed by atoms with Gasteiger partial charge in [-0.1, -0.05) is 54.6 Å². The smallest absolute Gasteiger partial charge is 0.435 e. The Morgan fingerprint density at radius 3 is 2.31 bits per heavy atom. The van der Waals surface area contributed by atoms with Crippen molar-refractivity contribution in [2.75, 3.05) is 12.4 Å². The SMILES string of the molecule is CN(C1CC1)C(c1ccccc1)c1cccc(NC(=O)c2cc(C(F)(F)F)nn2-c2cccc(CNC(=O)OC(C)(C)C)c2)c1. The lowest BCUT2D eigenvalue weighted by molar-refractivity contribution is -0.141. The van der Waals surface area contributed by atoms with Crippen LogP contribution in [0.4, 0.5) is 23.7 Å². The topological polar surface area (TPSA) is 88.5 Å². The molecule has 11 heteroatoms. The molecule has 0 aliphatic heterocycles. The van der Waals surface area contributed by atoms with E-state index in [9.17, 15) is 22.8 Å². The van der Waals surface area contributed by atoms with Crippen LogP contribution in [0.15, 0.2) is 84.9 Å². The molecule has 45 heavy (non-hydrogen) atoms. The Hall–Kier alpha value is -4.64. The molecule has 4 aromatic rings. The van der Waals surface area contributed by atoms with E-state index in [1.54, 1.807) is 51.1 Å². The Morgan fingerprint density at radius 2 is 1.64 bits per heavy atom. The number of carbonyl (C=O) groups is 2. The first-order valence-corrected chi connectivity index (χ1v) is 14.7. The number of carbonyl (C=O) groups excluding carboxylic acids is 2. The number of benzene rings is 3. The van der Waals surface area contributed by atoms with E-state index < -0.39 is 29.5 Å². The Bertz CT molecular complexity index is 1660. The molecule has 0 saturated heterocycles. The monoisotopic (exact) mass is 619 g/mol. The van der Waals surface area contributed by atoms with Crippen LogP contribution in [-0.4, -0.2) is 45.4 Å². The quantitative estimate of drug-likeness (QED) is 0.205. The number of hydrogen-bond acceptors (Lipinski definition) is 5. The summed E-state index contributed by atoms with van der Waals surface area (Å²) < 4.78 is 47.6. The van der Waals surface area contributed by atoms with Crippen LogP contribution >= 0.6 is 0 Å². The van der Waals surface area contributed by atoms with Crippen LogP contribution < -0.4 is 10.6 Å². The lowest BCUT2D eigenvalue weighted by atomic mass is 9.96. The number of anilines is 1. The predicted octanol–water partition coefficient (Wildman–Crippen LogP) is 7.35. The number of alkyl halides is 3. The summed E-state index contributed by atoms with van der Waals surface area (Å²) >= 11 is 0. The summed E-state index contributed by atoms with van der Waals surface area (Å²) in [5, 5.41) is 9.15. The first kappa shape index (κ1) is 31.8. The molecular weight excluding hydrogens is 583 g/mol. The largest absolute Gasteiger partial charge is 0.444 e. The number of amides is 2. The van der Waals surface area contributed by atoms with Gasteiger partial charge in [-0.3, -0.25) is 9.69 Å². The molecule has 8 nitrogen and oxygen atoms in total. The second-order valence-electron chi connectivity index (χ2n) is 12.1. The maximum Gasteiger partial charge on any atom is 0.435 e. The molecule has 1 aliphatic carbocycles. The number of ether oxygens (including phenoxy) is 1. The van der Waals surface area contributed by atoms with Gasteiger partial charge in [0.25, 0.3) is 5.91 Å². The van der Waals surface area contributed by atoms with Crippen molar-refractivity contribution >= 4 is 17.7 Å². The second kappa shape index (κ2) is 12.8. The van der Waals surface area contributed by atoms with Crippen molar-refractivity contribution in [2.24, 2.45) is 0 Å². The van der Waals surface area contributed by atoms with Crippen LogP contribution in [0, 0.1) is 0 Å². The fourth-order valence-corrected chi connectivity index (χ4v) is 5.14. The van der Waals surface area contributed by atoms with Gasteiger partial charge in [-0.2, -0.15) is 18.3 Å². The third-order valence-corrected chi connectivity index (χ3v) is 7.33. The summed E-state index contributed by atoms with van der Waals surface area (Å²) in [5.74, 6) is -0.751. The van der Waals surface area contributed by atoms with Gasteiger partial charge in [-0.25, -0.2) is 9.48 Å². The molecule has 1 aromatic heterocycles. The minimum atomic E-state index is -4.77. The fraction of sp³-hybridized carbons (Fsp3) is 0.324. The average molecular weight is 620 g/mol. The summed E-state index contributed by atoms with van der Waals surface area (Å²) in [6, 6.07) is 24.9. The van der Waals surface area contributed by atoms with Crippen LogP contribution in [0.5, 0.6) is 0 Å². The van der Waals surface area contributed by atoms with Crippen molar-refractivity contribution in [3.8, 4) is 5.69 Å². The van der Waals surface area contributed by atoms with Crippen LogP contribution in [-0.2, 0) is 17.5 Å². The van der Waals surface area contributed by atoms with Gasteiger partial charge >= 0.3 is 12.3 Å². The van der Waals surface area contributed by atoms with E-state index in [4.69, 9.17) is 4.74 Å². The van der Waals surface area contributed by atoms with Crippen LogP contribution in [0.25, 0.3) is 5.69 Å². The summed E-state index contributed by atoms with van der Waals surface area (Å²) in [4.78, 5) is 28.0. The van der Waals surface area contributed by atoms with Crippen molar-refractivity contribution in [2.45, 2.75) is 64.0 Å². The minimum Gasteiger partial charge on any atom is -0.444 e. The number of rotatable bonds is 9. The van der Waals surface area contributed by atoms with E-state index in [1.165, 1.54) is 0 Å². The van der Waals surface area contributed by atoms with E-state index in [0.717, 1.165) is 34.7 Å². The summed E-state index contributed by atoms with van der Waals surface area (Å²) in [6.45, 7) is 5.27. The van der Waals surface area contributed by atoms with Crippen molar-refractivity contribution < 1.29 is 27.5 Å². The number of nitrogens with zero attached hydrogens (tertiary/aromatic N) is 3. The number of hydrogen-bond donors (Lipinski definition) is 2. The normalized spacial score (nSPS) is 14.2. The number of alkyl carbamates (subject to hydrolysis) is 1. The molecule has 236 valence electrons. The van der Waals surface area contributed by atoms with Crippen molar-refractivity contribution in [1.29, 1.82) is 0 Å². The van der Waals surface area contributed by atoms with E-state index >= 15 is 0 Å². The van der Waals surface area contributed by atoms with Gasteiger partial charge in [0, 0.05) is 24.3 Å². The molecule has 1 atom stereocenters. The van der Waals surface area contributed by atoms with Gasteiger partial charge in [0.15, 0.2) is 5.69 Å². The molecule has 0 spiro atoms. The highest BCUT2D eigenvalue weighted by Gasteiger charge is 2.36. The summed E-state index contributed by atoms with van der Waals surface area (Å²) in [6.07, 6.45) is -3.18. The van der Waals surface area contributed by atoms with Crippen LogP contribution in [0.3, 0.4) is 0 Å². The molecule has 1 aliphatic rings. The van der Waals surface area contributed by atoms with Crippen molar-refractivity contribution in [3.05, 3.63) is 113 Å². The summed E-state index contributed by atoms with van der Waals surface area (Å²) in [7, 11) is 2.08. The van der Waals surface area contributed by atoms with Gasteiger partial charge in [-0.15, -0.1) is 0 Å². The standard InChI is InChI=1S/C34H36F3N5O3/c1-33(2,3)45-32(44)38-21-22-10-8-15-27(18-22)42-28(20-29(40-42)34(35,36)37)31(43)39-25-14-9-13-24(19-25)30(41(4)26-16-17-26)23-11-6-5-7-12-23/h5-15,18-20,26,30H,16-17,21H2,1-4H3,(H,38,44)(H,39,43). The number of nitrogens with one attached hydrogen (secondary N) is 2. The van der Waals surface area contributed by atoms with Gasteiger partial charge < -0.3 is 15.4 Å². The fourth-order valence-electron chi connectivity index (χ4n) is 5.14. The van der Waals surface area contributed by atoms with Gasteiger partial charge in [-0.05, 0) is 81.6 Å². The molecule has 5 rings (SSSR count). The lowest BCUT2D eigenvalue weighted by Gasteiger charge is -2.29. The highest BCUT2D eigenvalue weighted by Crippen LogP contribution is 2.37. The molecule has 0 radical (unpaired) electrons. The van der Waals surface area contributed by atoms with E-state index in [1.807, 2.05) is 36.4 Å². The third kappa shape index (κ3) is 8.10. The zero-order valence-corrected chi connectivity index (χ0v) is 25.6. The number of aromatic nitrogens is 2. The molecule has 1 fully saturated rings.